The highest BCUT2D eigenvalue weighted by Crippen LogP contribution is 2.09. The first-order valence-corrected chi connectivity index (χ1v) is 7.44. The first-order valence-electron chi connectivity index (χ1n) is 6.50. The number of pyridine rings is 1. The zero-order chi connectivity index (χ0) is 14.7. The van der Waals surface area contributed by atoms with Gasteiger partial charge in [-0.1, -0.05) is 0 Å². The van der Waals surface area contributed by atoms with Crippen LogP contribution in [-0.2, 0) is 6.42 Å². The summed E-state index contributed by atoms with van der Waals surface area (Å²) in [5.41, 5.74) is 2.72. The fourth-order valence-corrected chi connectivity index (χ4v) is 2.69. The van der Waals surface area contributed by atoms with Gasteiger partial charge in [0, 0.05) is 11.7 Å². The summed E-state index contributed by atoms with van der Waals surface area (Å²) in [7, 11) is 0. The lowest BCUT2D eigenvalue weighted by atomic mass is 10.1. The average Bonchev–Trinajstić information content (AvgIpc) is 2.86. The number of amides is 1. The molecule has 0 fully saturated rings. The molecule has 0 aliphatic rings. The summed E-state index contributed by atoms with van der Waals surface area (Å²) < 4.78 is 0. The molecule has 2 N–H and O–H groups in total. The molecule has 2 rings (SSSR count). The van der Waals surface area contributed by atoms with Gasteiger partial charge in [-0.25, -0.2) is 0 Å². The third kappa shape index (κ3) is 3.36. The van der Waals surface area contributed by atoms with Gasteiger partial charge >= 0.3 is 0 Å². The smallest absolute Gasteiger partial charge is 0.261 e. The quantitative estimate of drug-likeness (QED) is 0.908. The zero-order valence-electron chi connectivity index (χ0n) is 11.8. The molecular weight excluding hydrogens is 272 g/mol. The van der Waals surface area contributed by atoms with Crippen molar-refractivity contribution in [1.82, 2.24) is 10.3 Å². The van der Waals surface area contributed by atoms with Gasteiger partial charge < -0.3 is 10.3 Å². The fraction of sp³-hybridized carbons (Fsp3) is 0.333. The number of carbonyl (C=O) groups is 1. The van der Waals surface area contributed by atoms with Gasteiger partial charge in [-0.05, 0) is 61.2 Å². The Bertz CT molecular complexity index is 659. The van der Waals surface area contributed by atoms with Gasteiger partial charge in [-0.3, -0.25) is 9.59 Å². The molecule has 4 nitrogen and oxygen atoms in total. The number of aromatic nitrogens is 1. The van der Waals surface area contributed by atoms with E-state index in [1.165, 1.54) is 5.56 Å². The van der Waals surface area contributed by atoms with E-state index >= 15 is 0 Å². The summed E-state index contributed by atoms with van der Waals surface area (Å²) in [5, 5.41) is 6.94. The van der Waals surface area contributed by atoms with Crippen LogP contribution in [0.2, 0.25) is 0 Å². The van der Waals surface area contributed by atoms with Gasteiger partial charge in [-0.2, -0.15) is 11.3 Å². The van der Waals surface area contributed by atoms with Gasteiger partial charge in [0.15, 0.2) is 0 Å². The predicted octanol–water partition coefficient (Wildman–Crippen LogP) is 2.41. The Morgan fingerprint density at radius 3 is 2.85 bits per heavy atom. The second-order valence-electron chi connectivity index (χ2n) is 5.03. The van der Waals surface area contributed by atoms with Gasteiger partial charge in [-0.15, -0.1) is 0 Å². The van der Waals surface area contributed by atoms with Crippen molar-refractivity contribution in [3.63, 3.8) is 0 Å². The molecule has 2 heterocycles. The number of hydrogen-bond acceptors (Lipinski definition) is 3. The van der Waals surface area contributed by atoms with Crippen molar-refractivity contribution in [3.8, 4) is 0 Å². The van der Waals surface area contributed by atoms with E-state index in [1.54, 1.807) is 17.4 Å². The van der Waals surface area contributed by atoms with Crippen LogP contribution in [0.25, 0.3) is 0 Å². The minimum Gasteiger partial charge on any atom is -0.349 e. The molecule has 1 amide bonds. The molecule has 0 aliphatic heterocycles. The molecule has 0 saturated carbocycles. The van der Waals surface area contributed by atoms with Crippen LogP contribution < -0.4 is 10.9 Å². The first kappa shape index (κ1) is 14.5. The SMILES string of the molecule is Cc1cc(C(=O)N[C@H](C)Cc2ccsc2)c(=O)[nH]c1C. The Labute approximate surface area is 121 Å². The number of thiophene rings is 1. The third-order valence-electron chi connectivity index (χ3n) is 3.24. The Hall–Kier alpha value is -1.88. The Kier molecular flexibility index (Phi) is 4.39. The number of aryl methyl sites for hydroxylation is 2. The van der Waals surface area contributed by atoms with Crippen molar-refractivity contribution in [2.75, 3.05) is 0 Å². The molecule has 106 valence electrons. The molecule has 0 spiro atoms. The van der Waals surface area contributed by atoms with E-state index in [2.05, 4.69) is 15.7 Å². The lowest BCUT2D eigenvalue weighted by molar-refractivity contribution is 0.0938. The molecule has 1 atom stereocenters. The number of H-pyrrole nitrogens is 1. The number of rotatable bonds is 4. The van der Waals surface area contributed by atoms with Crippen LogP contribution in [0.1, 0.15) is 34.1 Å². The van der Waals surface area contributed by atoms with E-state index in [0.29, 0.717) is 0 Å². The second kappa shape index (κ2) is 6.05. The molecule has 0 bridgehead atoms. The van der Waals surface area contributed by atoms with E-state index in [-0.39, 0.29) is 23.1 Å². The third-order valence-corrected chi connectivity index (χ3v) is 3.97. The molecule has 0 aliphatic carbocycles. The number of hydrogen-bond donors (Lipinski definition) is 2. The van der Waals surface area contributed by atoms with Crippen LogP contribution >= 0.6 is 11.3 Å². The molecule has 20 heavy (non-hydrogen) atoms. The number of nitrogens with one attached hydrogen (secondary N) is 2. The Morgan fingerprint density at radius 1 is 1.45 bits per heavy atom. The standard InChI is InChI=1S/C15H18N2O2S/c1-9-6-13(15(19)17-11(9)3)14(18)16-10(2)7-12-4-5-20-8-12/h4-6,8,10H,7H2,1-3H3,(H,16,18)(H,17,19)/t10-/m1/s1. The monoisotopic (exact) mass is 290 g/mol. The summed E-state index contributed by atoms with van der Waals surface area (Å²) in [6, 6.07) is 3.66. The fourth-order valence-electron chi connectivity index (χ4n) is 2.01. The van der Waals surface area contributed by atoms with Crippen LogP contribution in [0.3, 0.4) is 0 Å². The summed E-state index contributed by atoms with van der Waals surface area (Å²) in [4.78, 5) is 26.6. The van der Waals surface area contributed by atoms with E-state index in [1.807, 2.05) is 32.2 Å². The highest BCUT2D eigenvalue weighted by molar-refractivity contribution is 7.07. The molecule has 0 saturated heterocycles. The topological polar surface area (TPSA) is 62.0 Å². The average molecular weight is 290 g/mol. The normalized spacial score (nSPS) is 12.2. The molecule has 0 radical (unpaired) electrons. The number of carbonyl (C=O) groups excluding carboxylic acids is 1. The molecule has 0 unspecified atom stereocenters. The molecular formula is C15H18N2O2S. The maximum absolute atomic E-state index is 12.1. The van der Waals surface area contributed by atoms with Crippen LogP contribution in [0.15, 0.2) is 27.7 Å². The molecule has 2 aromatic rings. The van der Waals surface area contributed by atoms with E-state index < -0.39 is 0 Å². The maximum atomic E-state index is 12.1. The summed E-state index contributed by atoms with van der Waals surface area (Å²) in [6.45, 7) is 5.62. The maximum Gasteiger partial charge on any atom is 0.261 e. The lowest BCUT2D eigenvalue weighted by Crippen LogP contribution is -2.37. The first-order chi connectivity index (χ1) is 9.47. The molecule has 0 aromatic carbocycles. The van der Waals surface area contributed by atoms with Crippen molar-refractivity contribution in [3.05, 3.63) is 55.6 Å². The van der Waals surface area contributed by atoms with Gasteiger partial charge in [0.2, 0.25) is 0 Å². The Balaban J connectivity index is 2.08. The minimum atomic E-state index is -0.340. The number of aromatic amines is 1. The summed E-state index contributed by atoms with van der Waals surface area (Å²) >= 11 is 1.64. The lowest BCUT2D eigenvalue weighted by Gasteiger charge is -2.13. The molecule has 2 aromatic heterocycles. The highest BCUT2D eigenvalue weighted by atomic mass is 32.1. The zero-order valence-corrected chi connectivity index (χ0v) is 12.6. The van der Waals surface area contributed by atoms with Crippen LogP contribution in [-0.4, -0.2) is 16.9 Å². The highest BCUT2D eigenvalue weighted by Gasteiger charge is 2.14. The van der Waals surface area contributed by atoms with Crippen LogP contribution in [0.5, 0.6) is 0 Å². The van der Waals surface area contributed by atoms with Crippen molar-refractivity contribution in [1.29, 1.82) is 0 Å². The summed E-state index contributed by atoms with van der Waals surface area (Å²) in [5.74, 6) is -0.322. The van der Waals surface area contributed by atoms with Gasteiger partial charge in [0.25, 0.3) is 11.5 Å². The Morgan fingerprint density at radius 2 is 2.20 bits per heavy atom. The minimum absolute atomic E-state index is 0.0156. The van der Waals surface area contributed by atoms with Crippen molar-refractivity contribution >= 4 is 17.2 Å². The second-order valence-corrected chi connectivity index (χ2v) is 5.81. The van der Waals surface area contributed by atoms with E-state index in [9.17, 15) is 9.59 Å². The van der Waals surface area contributed by atoms with Crippen molar-refractivity contribution in [2.24, 2.45) is 0 Å². The van der Waals surface area contributed by atoms with E-state index in [0.717, 1.165) is 17.7 Å². The van der Waals surface area contributed by atoms with Gasteiger partial charge in [0.1, 0.15) is 5.56 Å². The largest absolute Gasteiger partial charge is 0.349 e. The van der Waals surface area contributed by atoms with Crippen molar-refractivity contribution < 1.29 is 4.79 Å². The van der Waals surface area contributed by atoms with Gasteiger partial charge in [0.05, 0.1) is 0 Å². The van der Waals surface area contributed by atoms with Crippen molar-refractivity contribution in [2.45, 2.75) is 33.2 Å². The molecule has 5 heteroatoms. The summed E-state index contributed by atoms with van der Waals surface area (Å²) in [6.07, 6.45) is 0.762. The predicted molar refractivity (Wildman–Crippen MR) is 81.5 cm³/mol. The van der Waals surface area contributed by atoms with Crippen LogP contribution in [0, 0.1) is 13.8 Å². The van der Waals surface area contributed by atoms with Crippen LogP contribution in [0.4, 0.5) is 0 Å². The van der Waals surface area contributed by atoms with E-state index in [4.69, 9.17) is 0 Å².